The zero-order chi connectivity index (χ0) is 22.2. The molecule has 1 atom stereocenters. The van der Waals surface area contributed by atoms with Gasteiger partial charge in [0, 0.05) is 22.7 Å². The van der Waals surface area contributed by atoms with E-state index in [4.69, 9.17) is 23.2 Å². The van der Waals surface area contributed by atoms with E-state index in [0.29, 0.717) is 22.2 Å². The fourth-order valence-electron chi connectivity index (χ4n) is 2.89. The van der Waals surface area contributed by atoms with Crippen LogP contribution < -0.4 is 10.6 Å². The lowest BCUT2D eigenvalue weighted by Gasteiger charge is -2.17. The lowest BCUT2D eigenvalue weighted by Crippen LogP contribution is -2.19. The van der Waals surface area contributed by atoms with Gasteiger partial charge in [0.25, 0.3) is 0 Å². The molecule has 0 heterocycles. The predicted octanol–water partition coefficient (Wildman–Crippen LogP) is 7.20. The third kappa shape index (κ3) is 6.76. The minimum atomic E-state index is -0.476. The van der Waals surface area contributed by atoms with Crippen LogP contribution >= 0.6 is 35.0 Å². The third-order valence-corrected chi connectivity index (χ3v) is 6.40. The number of halogens is 2. The van der Waals surface area contributed by atoms with E-state index >= 15 is 0 Å². The lowest BCUT2D eigenvalue weighted by molar-refractivity contribution is -0.116. The Morgan fingerprint density at radius 2 is 1.55 bits per heavy atom. The highest BCUT2D eigenvalue weighted by Gasteiger charge is 2.22. The number of hydrogen-bond acceptors (Lipinski definition) is 3. The van der Waals surface area contributed by atoms with Gasteiger partial charge < -0.3 is 10.6 Å². The minimum Gasteiger partial charge on any atom is -0.326 e. The first-order valence-corrected chi connectivity index (χ1v) is 11.5. The third-order valence-electron chi connectivity index (χ3n) is 4.40. The van der Waals surface area contributed by atoms with Crippen LogP contribution in [-0.2, 0) is 9.59 Å². The fourth-order valence-corrected chi connectivity index (χ4v) is 4.21. The Labute approximate surface area is 196 Å². The van der Waals surface area contributed by atoms with E-state index in [1.54, 1.807) is 18.2 Å². The topological polar surface area (TPSA) is 58.2 Å². The van der Waals surface area contributed by atoms with E-state index < -0.39 is 5.25 Å². The van der Waals surface area contributed by atoms with Gasteiger partial charge >= 0.3 is 0 Å². The Morgan fingerprint density at radius 1 is 0.871 bits per heavy atom. The van der Waals surface area contributed by atoms with Crippen LogP contribution in [0.3, 0.4) is 0 Å². The van der Waals surface area contributed by atoms with Gasteiger partial charge in [0.2, 0.25) is 11.8 Å². The normalized spacial score (nSPS) is 11.6. The average Bonchev–Trinajstić information content (AvgIpc) is 2.76. The van der Waals surface area contributed by atoms with Gasteiger partial charge in [-0.25, -0.2) is 0 Å². The molecule has 3 rings (SSSR count). The highest BCUT2D eigenvalue weighted by molar-refractivity contribution is 8.00. The molecule has 0 radical (unpaired) electrons. The molecule has 0 aliphatic heterocycles. The molecule has 3 aromatic rings. The number of carbonyl (C=O) groups is 2. The maximum Gasteiger partial charge on any atom is 0.242 e. The largest absolute Gasteiger partial charge is 0.326 e. The summed E-state index contributed by atoms with van der Waals surface area (Å²) >= 11 is 13.5. The van der Waals surface area contributed by atoms with Crippen molar-refractivity contribution in [1.29, 1.82) is 0 Å². The highest BCUT2D eigenvalue weighted by atomic mass is 35.5. The number of rotatable bonds is 8. The molecule has 31 heavy (non-hydrogen) atoms. The molecular weight excluding hydrogens is 451 g/mol. The van der Waals surface area contributed by atoms with Crippen LogP contribution in [0.2, 0.25) is 10.0 Å². The SMILES string of the molecule is CCCC(=O)Nc1ccc(SC(C(=O)Nc2ccc(Cl)c(Cl)c2)c2ccccc2)cc1. The van der Waals surface area contributed by atoms with Crippen LogP contribution in [0.4, 0.5) is 11.4 Å². The first kappa shape index (κ1) is 23.2. The van der Waals surface area contributed by atoms with E-state index in [9.17, 15) is 9.59 Å². The van der Waals surface area contributed by atoms with E-state index in [0.717, 1.165) is 22.6 Å². The number of carbonyl (C=O) groups excluding carboxylic acids is 2. The van der Waals surface area contributed by atoms with Gasteiger partial charge in [-0.3, -0.25) is 9.59 Å². The molecular formula is C24H22Cl2N2O2S. The van der Waals surface area contributed by atoms with Crippen molar-refractivity contribution in [1.82, 2.24) is 0 Å². The summed E-state index contributed by atoms with van der Waals surface area (Å²) in [4.78, 5) is 25.8. The molecule has 160 valence electrons. The zero-order valence-electron chi connectivity index (χ0n) is 16.9. The standard InChI is InChI=1S/C24H22Cl2N2O2S/c1-2-6-22(29)27-17-9-12-19(13-10-17)31-23(16-7-4-3-5-8-16)24(30)28-18-11-14-20(25)21(26)15-18/h3-5,7-15,23H,2,6H2,1H3,(H,27,29)(H,28,30). The summed E-state index contributed by atoms with van der Waals surface area (Å²) in [5.74, 6) is -0.180. The zero-order valence-corrected chi connectivity index (χ0v) is 19.2. The Bertz CT molecular complexity index is 1040. The second-order valence-electron chi connectivity index (χ2n) is 6.85. The Morgan fingerprint density at radius 3 is 2.19 bits per heavy atom. The summed E-state index contributed by atoms with van der Waals surface area (Å²) in [5, 5.41) is 6.12. The molecule has 0 aliphatic rings. The molecule has 0 spiro atoms. The smallest absolute Gasteiger partial charge is 0.242 e. The summed E-state index contributed by atoms with van der Waals surface area (Å²) < 4.78 is 0. The lowest BCUT2D eigenvalue weighted by atomic mass is 10.1. The number of amides is 2. The second-order valence-corrected chi connectivity index (χ2v) is 8.84. The quantitative estimate of drug-likeness (QED) is 0.340. The average molecular weight is 473 g/mol. The first-order valence-electron chi connectivity index (χ1n) is 9.83. The Kier molecular flexibility index (Phi) is 8.41. The van der Waals surface area contributed by atoms with Crippen molar-refractivity contribution in [3.05, 3.63) is 88.4 Å². The molecule has 0 aliphatic carbocycles. The van der Waals surface area contributed by atoms with Crippen molar-refractivity contribution >= 4 is 58.2 Å². The maximum absolute atomic E-state index is 13.1. The van der Waals surface area contributed by atoms with Crippen LogP contribution in [0, 0.1) is 0 Å². The van der Waals surface area contributed by atoms with E-state index in [-0.39, 0.29) is 11.8 Å². The van der Waals surface area contributed by atoms with Gasteiger partial charge in [-0.1, -0.05) is 60.5 Å². The molecule has 1 unspecified atom stereocenters. The summed E-state index contributed by atoms with van der Waals surface area (Å²) in [6, 6.07) is 22.0. The summed E-state index contributed by atoms with van der Waals surface area (Å²) in [7, 11) is 0. The Hall–Kier alpha value is -2.47. The van der Waals surface area contributed by atoms with Crippen molar-refractivity contribution in [3.63, 3.8) is 0 Å². The van der Waals surface area contributed by atoms with E-state index in [1.807, 2.05) is 61.5 Å². The second kappa shape index (κ2) is 11.2. The highest BCUT2D eigenvalue weighted by Crippen LogP contribution is 2.37. The van der Waals surface area contributed by atoms with Crippen LogP contribution in [-0.4, -0.2) is 11.8 Å². The van der Waals surface area contributed by atoms with E-state index in [1.165, 1.54) is 11.8 Å². The number of thioether (sulfide) groups is 1. The van der Waals surface area contributed by atoms with Crippen LogP contribution in [0.15, 0.2) is 77.7 Å². The molecule has 0 aromatic heterocycles. The van der Waals surface area contributed by atoms with Crippen molar-refractivity contribution < 1.29 is 9.59 Å². The maximum atomic E-state index is 13.1. The van der Waals surface area contributed by atoms with Gasteiger partial charge in [0.1, 0.15) is 5.25 Å². The monoisotopic (exact) mass is 472 g/mol. The van der Waals surface area contributed by atoms with Crippen molar-refractivity contribution in [2.75, 3.05) is 10.6 Å². The number of benzene rings is 3. The summed E-state index contributed by atoms with van der Waals surface area (Å²) in [6.07, 6.45) is 1.29. The molecule has 7 heteroatoms. The molecule has 0 saturated carbocycles. The molecule has 2 N–H and O–H groups in total. The molecule has 0 bridgehead atoms. The van der Waals surface area contributed by atoms with Gasteiger partial charge in [0.15, 0.2) is 0 Å². The van der Waals surface area contributed by atoms with Gasteiger partial charge in [-0.2, -0.15) is 0 Å². The molecule has 4 nitrogen and oxygen atoms in total. The summed E-state index contributed by atoms with van der Waals surface area (Å²) in [5.41, 5.74) is 2.19. The van der Waals surface area contributed by atoms with Gasteiger partial charge in [-0.05, 0) is 54.4 Å². The Balaban J connectivity index is 1.77. The number of hydrogen-bond donors (Lipinski definition) is 2. The van der Waals surface area contributed by atoms with Crippen molar-refractivity contribution in [2.24, 2.45) is 0 Å². The van der Waals surface area contributed by atoms with E-state index in [2.05, 4.69) is 10.6 Å². The summed E-state index contributed by atoms with van der Waals surface area (Å²) in [6.45, 7) is 1.96. The van der Waals surface area contributed by atoms with Gasteiger partial charge in [-0.15, -0.1) is 11.8 Å². The number of anilines is 2. The minimum absolute atomic E-state index is 0.00827. The molecule has 0 fully saturated rings. The number of nitrogens with one attached hydrogen (secondary N) is 2. The van der Waals surface area contributed by atoms with Crippen molar-refractivity contribution in [2.45, 2.75) is 29.9 Å². The van der Waals surface area contributed by atoms with Gasteiger partial charge in [0.05, 0.1) is 10.0 Å². The first-order chi connectivity index (χ1) is 15.0. The van der Waals surface area contributed by atoms with Crippen LogP contribution in [0.1, 0.15) is 30.6 Å². The van der Waals surface area contributed by atoms with Crippen LogP contribution in [0.5, 0.6) is 0 Å². The molecule has 2 amide bonds. The predicted molar refractivity (Wildman–Crippen MR) is 130 cm³/mol. The molecule has 3 aromatic carbocycles. The molecule has 0 saturated heterocycles. The fraction of sp³-hybridized carbons (Fsp3) is 0.167. The van der Waals surface area contributed by atoms with Crippen LogP contribution in [0.25, 0.3) is 0 Å². The van der Waals surface area contributed by atoms with Crippen molar-refractivity contribution in [3.8, 4) is 0 Å².